The molecular weight excluding hydrogens is 248 g/mol. The molecule has 4 heteroatoms. The standard InChI is InChI=1S/C16H22N4/c17-16-9-5-4-8-15(16)11-13-20(18)19-12-10-14-6-2-1-3-7-14/h1-9,19H,10-13,17-18H2. The summed E-state index contributed by atoms with van der Waals surface area (Å²) in [5, 5.41) is 1.63. The molecule has 106 valence electrons. The molecule has 0 heterocycles. The highest BCUT2D eigenvalue weighted by atomic mass is 15.7. The van der Waals surface area contributed by atoms with Gasteiger partial charge in [0.1, 0.15) is 0 Å². The summed E-state index contributed by atoms with van der Waals surface area (Å²) in [6.45, 7) is 1.55. The van der Waals surface area contributed by atoms with Crippen molar-refractivity contribution < 1.29 is 0 Å². The van der Waals surface area contributed by atoms with Gasteiger partial charge in [0.05, 0.1) is 0 Å². The van der Waals surface area contributed by atoms with Gasteiger partial charge in [0, 0.05) is 18.8 Å². The van der Waals surface area contributed by atoms with E-state index in [4.69, 9.17) is 11.6 Å². The molecule has 5 N–H and O–H groups in total. The molecule has 0 spiro atoms. The Balaban J connectivity index is 1.68. The van der Waals surface area contributed by atoms with Crippen LogP contribution < -0.4 is 17.0 Å². The number of nitrogens with one attached hydrogen (secondary N) is 1. The van der Waals surface area contributed by atoms with Crippen molar-refractivity contribution in [2.24, 2.45) is 5.84 Å². The van der Waals surface area contributed by atoms with Crippen LogP contribution in [-0.2, 0) is 12.8 Å². The third kappa shape index (κ3) is 4.66. The number of nitrogen functional groups attached to an aromatic ring is 1. The zero-order valence-electron chi connectivity index (χ0n) is 11.6. The number of anilines is 1. The largest absolute Gasteiger partial charge is 0.399 e. The van der Waals surface area contributed by atoms with Crippen LogP contribution in [0, 0.1) is 0 Å². The normalized spacial score (nSPS) is 10.9. The first-order chi connectivity index (χ1) is 9.75. The quantitative estimate of drug-likeness (QED) is 0.407. The molecule has 4 nitrogen and oxygen atoms in total. The van der Waals surface area contributed by atoms with Crippen LogP contribution in [0.4, 0.5) is 5.69 Å². The predicted octanol–water partition coefficient (Wildman–Crippen LogP) is 1.73. The second-order valence-corrected chi connectivity index (χ2v) is 4.79. The van der Waals surface area contributed by atoms with E-state index in [1.165, 1.54) is 5.56 Å². The van der Waals surface area contributed by atoms with E-state index in [9.17, 15) is 0 Å². The lowest BCUT2D eigenvalue weighted by molar-refractivity contribution is 0.196. The maximum atomic E-state index is 5.92. The molecule has 0 unspecified atom stereocenters. The number of hydrogen-bond acceptors (Lipinski definition) is 4. The van der Waals surface area contributed by atoms with Crippen molar-refractivity contribution in [2.75, 3.05) is 18.8 Å². The lowest BCUT2D eigenvalue weighted by atomic mass is 10.1. The van der Waals surface area contributed by atoms with Crippen molar-refractivity contribution in [2.45, 2.75) is 12.8 Å². The molecule has 0 aromatic heterocycles. The van der Waals surface area contributed by atoms with Crippen molar-refractivity contribution in [3.8, 4) is 0 Å². The van der Waals surface area contributed by atoms with Gasteiger partial charge in [0.2, 0.25) is 0 Å². The number of nitrogens with zero attached hydrogens (tertiary/aromatic N) is 1. The highest BCUT2D eigenvalue weighted by Gasteiger charge is 2.02. The van der Waals surface area contributed by atoms with Crippen LogP contribution in [0.2, 0.25) is 0 Å². The minimum atomic E-state index is 0.725. The Morgan fingerprint density at radius 3 is 2.35 bits per heavy atom. The van der Waals surface area contributed by atoms with E-state index in [2.05, 4.69) is 17.6 Å². The first kappa shape index (κ1) is 14.5. The van der Waals surface area contributed by atoms with Gasteiger partial charge >= 0.3 is 0 Å². The van der Waals surface area contributed by atoms with Crippen LogP contribution in [0.25, 0.3) is 0 Å². The SMILES string of the molecule is Nc1ccccc1CCN(N)NCCc1ccccc1. The Labute approximate surface area is 120 Å². The van der Waals surface area contributed by atoms with Crippen LogP contribution >= 0.6 is 0 Å². The van der Waals surface area contributed by atoms with Gasteiger partial charge in [-0.05, 0) is 30.0 Å². The molecule has 0 saturated carbocycles. The number of rotatable bonds is 7. The third-order valence-corrected chi connectivity index (χ3v) is 3.25. The lowest BCUT2D eigenvalue weighted by Gasteiger charge is -2.18. The van der Waals surface area contributed by atoms with E-state index in [1.54, 1.807) is 5.12 Å². The summed E-state index contributed by atoms with van der Waals surface area (Å²) < 4.78 is 0. The summed E-state index contributed by atoms with van der Waals surface area (Å²) in [5.74, 6) is 5.92. The average Bonchev–Trinajstić information content (AvgIpc) is 2.47. The van der Waals surface area contributed by atoms with Crippen LogP contribution in [0.1, 0.15) is 11.1 Å². The van der Waals surface area contributed by atoms with E-state index in [0.717, 1.165) is 37.2 Å². The highest BCUT2D eigenvalue weighted by molar-refractivity contribution is 5.46. The third-order valence-electron chi connectivity index (χ3n) is 3.25. The maximum absolute atomic E-state index is 5.92. The van der Waals surface area contributed by atoms with Gasteiger partial charge in [-0.3, -0.25) is 5.84 Å². The fourth-order valence-electron chi connectivity index (χ4n) is 2.07. The van der Waals surface area contributed by atoms with Crippen molar-refractivity contribution in [1.82, 2.24) is 10.5 Å². The van der Waals surface area contributed by atoms with Crippen molar-refractivity contribution in [3.05, 3.63) is 65.7 Å². The fourth-order valence-corrected chi connectivity index (χ4v) is 2.07. The molecular formula is C16H22N4. The fraction of sp³-hybridized carbons (Fsp3) is 0.250. The second-order valence-electron chi connectivity index (χ2n) is 4.79. The molecule has 2 aromatic rings. The summed E-state index contributed by atoms with van der Waals surface area (Å²) >= 11 is 0. The molecule has 0 atom stereocenters. The van der Waals surface area contributed by atoms with E-state index >= 15 is 0 Å². The van der Waals surface area contributed by atoms with Gasteiger partial charge < -0.3 is 5.73 Å². The minimum absolute atomic E-state index is 0.725. The van der Waals surface area contributed by atoms with Gasteiger partial charge in [-0.25, -0.2) is 5.43 Å². The molecule has 0 bridgehead atoms. The zero-order chi connectivity index (χ0) is 14.2. The summed E-state index contributed by atoms with van der Waals surface area (Å²) in [6.07, 6.45) is 1.80. The van der Waals surface area contributed by atoms with Crippen molar-refractivity contribution in [3.63, 3.8) is 0 Å². The van der Waals surface area contributed by atoms with Crippen molar-refractivity contribution in [1.29, 1.82) is 0 Å². The first-order valence-corrected chi connectivity index (χ1v) is 6.89. The Kier molecular flexibility index (Phi) is 5.55. The van der Waals surface area contributed by atoms with E-state index in [0.29, 0.717) is 0 Å². The summed E-state index contributed by atoms with van der Waals surface area (Å²) in [5.41, 5.74) is 12.4. The van der Waals surface area contributed by atoms with Gasteiger partial charge in [-0.1, -0.05) is 48.5 Å². The van der Waals surface area contributed by atoms with Crippen LogP contribution in [-0.4, -0.2) is 18.2 Å². The number of hydrazine groups is 2. The number of hydrogen-bond donors (Lipinski definition) is 3. The molecule has 0 saturated heterocycles. The maximum Gasteiger partial charge on any atom is 0.0347 e. The summed E-state index contributed by atoms with van der Waals surface area (Å²) in [6, 6.07) is 18.2. The molecule has 0 radical (unpaired) electrons. The van der Waals surface area contributed by atoms with E-state index in [1.807, 2.05) is 42.5 Å². The molecule has 0 aliphatic carbocycles. The minimum Gasteiger partial charge on any atom is -0.399 e. The molecule has 0 fully saturated rings. The number of para-hydroxylation sites is 1. The molecule has 2 rings (SSSR count). The Bertz CT molecular complexity index is 513. The first-order valence-electron chi connectivity index (χ1n) is 6.89. The summed E-state index contributed by atoms with van der Waals surface area (Å²) in [4.78, 5) is 0. The van der Waals surface area contributed by atoms with Crippen LogP contribution in [0.5, 0.6) is 0 Å². The monoisotopic (exact) mass is 270 g/mol. The predicted molar refractivity (Wildman–Crippen MR) is 83.6 cm³/mol. The molecule has 0 aliphatic rings. The highest BCUT2D eigenvalue weighted by Crippen LogP contribution is 2.10. The number of nitrogens with two attached hydrogens (primary N) is 2. The van der Waals surface area contributed by atoms with Gasteiger partial charge in [-0.15, -0.1) is 0 Å². The lowest BCUT2D eigenvalue weighted by Crippen LogP contribution is -2.45. The van der Waals surface area contributed by atoms with Crippen LogP contribution in [0.3, 0.4) is 0 Å². The Morgan fingerprint density at radius 2 is 1.60 bits per heavy atom. The van der Waals surface area contributed by atoms with Gasteiger partial charge in [0.25, 0.3) is 0 Å². The Hall–Kier alpha value is -1.88. The molecule has 0 aliphatic heterocycles. The molecule has 0 amide bonds. The summed E-state index contributed by atoms with van der Waals surface area (Å²) in [7, 11) is 0. The number of benzene rings is 2. The topological polar surface area (TPSA) is 67.3 Å². The smallest absolute Gasteiger partial charge is 0.0347 e. The van der Waals surface area contributed by atoms with E-state index < -0.39 is 0 Å². The van der Waals surface area contributed by atoms with Crippen molar-refractivity contribution >= 4 is 5.69 Å². The Morgan fingerprint density at radius 1 is 0.900 bits per heavy atom. The van der Waals surface area contributed by atoms with Gasteiger partial charge in [0.15, 0.2) is 0 Å². The molecule has 2 aromatic carbocycles. The second kappa shape index (κ2) is 7.65. The average molecular weight is 270 g/mol. The van der Waals surface area contributed by atoms with E-state index in [-0.39, 0.29) is 0 Å². The van der Waals surface area contributed by atoms with Gasteiger partial charge in [-0.2, -0.15) is 5.12 Å². The molecule has 20 heavy (non-hydrogen) atoms. The van der Waals surface area contributed by atoms with Crippen LogP contribution in [0.15, 0.2) is 54.6 Å². The zero-order valence-corrected chi connectivity index (χ0v) is 11.6.